The molecule has 0 aliphatic carbocycles. The normalized spacial score (nSPS) is 10.5. The number of pyridine rings is 1. The summed E-state index contributed by atoms with van der Waals surface area (Å²) < 4.78 is 6.43. The van der Waals surface area contributed by atoms with Gasteiger partial charge in [0.15, 0.2) is 5.82 Å². The molecule has 0 aliphatic heterocycles. The van der Waals surface area contributed by atoms with Crippen LogP contribution in [0, 0.1) is 24.0 Å². The van der Waals surface area contributed by atoms with Crippen LogP contribution in [0.3, 0.4) is 0 Å². The zero-order valence-corrected chi connectivity index (χ0v) is 11.3. The maximum Gasteiger partial charge on any atom is 0.310 e. The van der Waals surface area contributed by atoms with Crippen molar-refractivity contribution in [1.82, 2.24) is 14.8 Å². The Kier molecular flexibility index (Phi) is 3.39. The molecule has 19 heavy (non-hydrogen) atoms. The van der Waals surface area contributed by atoms with Crippen molar-refractivity contribution in [3.8, 4) is 11.7 Å². The number of halogens is 1. The predicted octanol–water partition coefficient (Wildman–Crippen LogP) is 2.45. The second kappa shape index (κ2) is 4.85. The largest absolute Gasteiger partial charge is 0.480 e. The van der Waals surface area contributed by atoms with Crippen molar-refractivity contribution >= 4 is 17.3 Å². The lowest BCUT2D eigenvalue weighted by molar-refractivity contribution is -0.385. The molecule has 0 aromatic carbocycles. The van der Waals surface area contributed by atoms with E-state index < -0.39 is 4.92 Å². The van der Waals surface area contributed by atoms with Gasteiger partial charge in [-0.15, -0.1) is 0 Å². The van der Waals surface area contributed by atoms with Crippen molar-refractivity contribution in [3.63, 3.8) is 0 Å². The Bertz CT molecular complexity index is 654. The summed E-state index contributed by atoms with van der Waals surface area (Å²) in [6, 6.07) is 1.68. The van der Waals surface area contributed by atoms with E-state index in [1.54, 1.807) is 19.9 Å². The second-order valence-electron chi connectivity index (χ2n) is 3.90. The number of hydrogen-bond acceptors (Lipinski definition) is 5. The number of methoxy groups -OCH3 is 1. The second-order valence-corrected chi connectivity index (χ2v) is 4.31. The average molecular weight is 283 g/mol. The molecule has 0 saturated carbocycles. The highest BCUT2D eigenvalue weighted by Gasteiger charge is 2.20. The molecular formula is C11H11ClN4O3. The lowest BCUT2D eigenvalue weighted by Crippen LogP contribution is -2.06. The fourth-order valence-electron chi connectivity index (χ4n) is 1.71. The zero-order valence-electron chi connectivity index (χ0n) is 10.5. The van der Waals surface area contributed by atoms with Crippen LogP contribution >= 0.6 is 11.6 Å². The summed E-state index contributed by atoms with van der Waals surface area (Å²) in [4.78, 5) is 14.5. The van der Waals surface area contributed by atoms with Crippen LogP contribution in [0.15, 0.2) is 12.3 Å². The lowest BCUT2D eigenvalue weighted by atomic mass is 10.3. The van der Waals surface area contributed by atoms with Crippen molar-refractivity contribution in [2.75, 3.05) is 7.11 Å². The van der Waals surface area contributed by atoms with Gasteiger partial charge in [0.2, 0.25) is 5.88 Å². The first-order valence-electron chi connectivity index (χ1n) is 5.36. The molecule has 0 spiro atoms. The van der Waals surface area contributed by atoms with Gasteiger partial charge in [-0.3, -0.25) is 10.1 Å². The molecule has 0 amide bonds. The maximum atomic E-state index is 10.8. The number of aryl methyl sites for hydroxylation is 1. The minimum absolute atomic E-state index is 0.0601. The molecule has 0 saturated heterocycles. The van der Waals surface area contributed by atoms with E-state index in [1.807, 2.05) is 0 Å². The van der Waals surface area contributed by atoms with E-state index in [0.29, 0.717) is 16.5 Å². The van der Waals surface area contributed by atoms with Gasteiger partial charge in [-0.1, -0.05) is 11.6 Å². The highest BCUT2D eigenvalue weighted by atomic mass is 35.5. The van der Waals surface area contributed by atoms with Crippen LogP contribution in [-0.2, 0) is 0 Å². The Morgan fingerprint density at radius 3 is 2.68 bits per heavy atom. The molecule has 0 aliphatic rings. The fraction of sp³-hybridized carbons (Fsp3) is 0.273. The summed E-state index contributed by atoms with van der Waals surface area (Å²) in [6.07, 6.45) is 1.19. The summed E-state index contributed by atoms with van der Waals surface area (Å²) in [7, 11) is 1.45. The topological polar surface area (TPSA) is 83.1 Å². The Morgan fingerprint density at radius 1 is 1.47 bits per heavy atom. The number of nitrogens with zero attached hydrogens (tertiary/aromatic N) is 4. The predicted molar refractivity (Wildman–Crippen MR) is 69.0 cm³/mol. The first kappa shape index (κ1) is 13.3. The van der Waals surface area contributed by atoms with Gasteiger partial charge in [-0.25, -0.2) is 4.68 Å². The SMILES string of the molecule is COc1nc(-n2ncc([N+](=O)[O-])c2C)c(C)cc1Cl. The Balaban J connectivity index is 2.62. The number of hydrogen-bond donors (Lipinski definition) is 0. The van der Waals surface area contributed by atoms with Gasteiger partial charge in [-0.2, -0.15) is 10.1 Å². The number of nitro groups is 1. The van der Waals surface area contributed by atoms with Crippen LogP contribution in [0.1, 0.15) is 11.3 Å². The molecule has 0 unspecified atom stereocenters. The van der Waals surface area contributed by atoms with Gasteiger partial charge >= 0.3 is 5.69 Å². The van der Waals surface area contributed by atoms with Crippen LogP contribution < -0.4 is 4.74 Å². The Morgan fingerprint density at radius 2 is 2.16 bits per heavy atom. The van der Waals surface area contributed by atoms with E-state index in [9.17, 15) is 10.1 Å². The van der Waals surface area contributed by atoms with Crippen molar-refractivity contribution < 1.29 is 9.66 Å². The van der Waals surface area contributed by atoms with Crippen molar-refractivity contribution in [1.29, 1.82) is 0 Å². The zero-order chi connectivity index (χ0) is 14.2. The van der Waals surface area contributed by atoms with Crippen LogP contribution in [0.5, 0.6) is 5.88 Å². The first-order chi connectivity index (χ1) is 8.95. The maximum absolute atomic E-state index is 10.8. The van der Waals surface area contributed by atoms with Crippen molar-refractivity contribution in [2.24, 2.45) is 0 Å². The number of rotatable bonds is 3. The highest BCUT2D eigenvalue weighted by molar-refractivity contribution is 6.31. The van der Waals surface area contributed by atoms with Crippen molar-refractivity contribution in [2.45, 2.75) is 13.8 Å². The van der Waals surface area contributed by atoms with Gasteiger partial charge in [0.25, 0.3) is 0 Å². The molecule has 8 heteroatoms. The van der Waals surface area contributed by atoms with Gasteiger partial charge in [-0.05, 0) is 25.5 Å². The van der Waals surface area contributed by atoms with E-state index in [2.05, 4.69) is 10.1 Å². The van der Waals surface area contributed by atoms with Gasteiger partial charge in [0.05, 0.1) is 12.0 Å². The smallest absolute Gasteiger partial charge is 0.310 e. The Labute approximate surface area is 113 Å². The molecule has 2 aromatic heterocycles. The molecule has 100 valence electrons. The summed E-state index contributed by atoms with van der Waals surface area (Å²) in [5.41, 5.74) is 1.08. The third-order valence-corrected chi connectivity index (χ3v) is 2.95. The minimum atomic E-state index is -0.485. The van der Waals surface area contributed by atoms with E-state index in [4.69, 9.17) is 16.3 Å². The van der Waals surface area contributed by atoms with Gasteiger partial charge in [0.1, 0.15) is 16.9 Å². The summed E-state index contributed by atoms with van der Waals surface area (Å²) in [6.45, 7) is 3.40. The van der Waals surface area contributed by atoms with E-state index in [1.165, 1.54) is 18.0 Å². The lowest BCUT2D eigenvalue weighted by Gasteiger charge is -2.09. The summed E-state index contributed by atoms with van der Waals surface area (Å²) in [5.74, 6) is 0.701. The standard InChI is InChI=1S/C11H11ClN4O3/c1-6-4-8(12)11(19-3)14-10(6)15-7(2)9(5-13-15)16(17)18/h4-5H,1-3H3. The van der Waals surface area contributed by atoms with Crippen LogP contribution in [0.2, 0.25) is 5.02 Å². The fourth-order valence-corrected chi connectivity index (χ4v) is 1.99. The monoisotopic (exact) mass is 282 g/mol. The molecule has 0 fully saturated rings. The summed E-state index contributed by atoms with van der Waals surface area (Å²) in [5, 5.41) is 15.2. The average Bonchev–Trinajstić information content (AvgIpc) is 2.71. The van der Waals surface area contributed by atoms with Gasteiger partial charge in [0, 0.05) is 0 Å². The summed E-state index contributed by atoms with van der Waals surface area (Å²) >= 11 is 5.96. The van der Waals surface area contributed by atoms with E-state index in [0.717, 1.165) is 5.56 Å². The number of ether oxygens (including phenoxy) is 1. The molecule has 2 heterocycles. The Hall–Kier alpha value is -2.15. The molecule has 7 nitrogen and oxygen atoms in total. The van der Waals surface area contributed by atoms with Crippen LogP contribution in [0.25, 0.3) is 5.82 Å². The molecular weight excluding hydrogens is 272 g/mol. The van der Waals surface area contributed by atoms with E-state index in [-0.39, 0.29) is 11.6 Å². The number of aromatic nitrogens is 3. The highest BCUT2D eigenvalue weighted by Crippen LogP contribution is 2.28. The minimum Gasteiger partial charge on any atom is -0.480 e. The molecule has 0 atom stereocenters. The van der Waals surface area contributed by atoms with Crippen molar-refractivity contribution in [3.05, 3.63) is 38.7 Å². The quantitative estimate of drug-likeness (QED) is 0.638. The van der Waals surface area contributed by atoms with Crippen LogP contribution in [0.4, 0.5) is 5.69 Å². The first-order valence-corrected chi connectivity index (χ1v) is 5.74. The molecule has 0 bridgehead atoms. The van der Waals surface area contributed by atoms with E-state index >= 15 is 0 Å². The molecule has 0 radical (unpaired) electrons. The van der Waals surface area contributed by atoms with Crippen LogP contribution in [-0.4, -0.2) is 26.8 Å². The molecule has 0 N–H and O–H groups in total. The third-order valence-electron chi connectivity index (χ3n) is 2.68. The third kappa shape index (κ3) is 2.24. The molecule has 2 aromatic rings. The van der Waals surface area contributed by atoms with Gasteiger partial charge < -0.3 is 4.74 Å². The molecule has 2 rings (SSSR count).